The Morgan fingerprint density at radius 2 is 1.62 bits per heavy atom. The lowest BCUT2D eigenvalue weighted by Gasteiger charge is -2.34. The van der Waals surface area contributed by atoms with Gasteiger partial charge in [0.2, 0.25) is 0 Å². The molecule has 1 saturated heterocycles. The number of benzene rings is 2. The van der Waals surface area contributed by atoms with Crippen LogP contribution in [-0.4, -0.2) is 74.6 Å². The van der Waals surface area contributed by atoms with Crippen LogP contribution >= 0.6 is 0 Å². The van der Waals surface area contributed by atoms with E-state index in [0.29, 0.717) is 30.9 Å². The number of halogens is 1. The zero-order chi connectivity index (χ0) is 24.1. The quantitative estimate of drug-likeness (QED) is 0.452. The maximum absolute atomic E-state index is 13.5. The first kappa shape index (κ1) is 23.9. The molecule has 0 unspecified atom stereocenters. The molecule has 34 heavy (non-hydrogen) atoms. The number of carbonyl (C=O) groups is 2. The number of hydrogen-bond acceptors (Lipinski definition) is 6. The van der Waals surface area contributed by atoms with Crippen molar-refractivity contribution in [2.24, 2.45) is 0 Å². The molecule has 2 amide bonds. The molecule has 1 N–H and O–H groups in total. The van der Waals surface area contributed by atoms with Crippen molar-refractivity contribution in [3.8, 4) is 0 Å². The molecule has 2 heterocycles. The standard InChI is InChI=1S/C26H31FN4O3/c1-3-34-18-4-13-31-25(32)23(19-5-7-20(27)8-6-19)24(26(31)33)28-21-9-11-22(12-10-21)30-16-14-29(2)15-17-30/h5-12,28H,3-4,13-18H2,1-2H3. The molecule has 0 radical (unpaired) electrons. The molecular formula is C26H31FN4O3. The first-order valence-corrected chi connectivity index (χ1v) is 11.7. The van der Waals surface area contributed by atoms with Gasteiger partial charge in [0.05, 0.1) is 5.57 Å². The van der Waals surface area contributed by atoms with E-state index < -0.39 is 5.82 Å². The Hall–Kier alpha value is -3.23. The van der Waals surface area contributed by atoms with Crippen molar-refractivity contribution >= 4 is 28.8 Å². The van der Waals surface area contributed by atoms with Gasteiger partial charge in [0.1, 0.15) is 11.5 Å². The lowest BCUT2D eigenvalue weighted by Crippen LogP contribution is -2.44. The van der Waals surface area contributed by atoms with Crippen LogP contribution in [0.1, 0.15) is 18.9 Å². The molecule has 1 fully saturated rings. The highest BCUT2D eigenvalue weighted by Gasteiger charge is 2.38. The number of ether oxygens (including phenoxy) is 1. The fourth-order valence-corrected chi connectivity index (χ4v) is 4.21. The Kier molecular flexibility index (Phi) is 7.59. The molecule has 0 spiro atoms. The second kappa shape index (κ2) is 10.8. The Morgan fingerprint density at radius 3 is 2.26 bits per heavy atom. The van der Waals surface area contributed by atoms with Gasteiger partial charge >= 0.3 is 0 Å². The number of nitrogens with one attached hydrogen (secondary N) is 1. The summed E-state index contributed by atoms with van der Waals surface area (Å²) in [5, 5.41) is 3.17. The molecule has 0 atom stereocenters. The highest BCUT2D eigenvalue weighted by Crippen LogP contribution is 2.31. The van der Waals surface area contributed by atoms with Crippen LogP contribution in [0.2, 0.25) is 0 Å². The van der Waals surface area contributed by atoms with Gasteiger partial charge in [-0.15, -0.1) is 0 Å². The van der Waals surface area contributed by atoms with E-state index in [9.17, 15) is 14.0 Å². The van der Waals surface area contributed by atoms with E-state index in [1.54, 1.807) is 0 Å². The summed E-state index contributed by atoms with van der Waals surface area (Å²) in [5.74, 6) is -1.17. The molecule has 0 aromatic heterocycles. The molecule has 2 aromatic carbocycles. The molecule has 180 valence electrons. The number of carbonyl (C=O) groups excluding carboxylic acids is 2. The van der Waals surface area contributed by atoms with Gasteiger partial charge in [-0.2, -0.15) is 0 Å². The number of imide groups is 1. The minimum absolute atomic E-state index is 0.209. The highest BCUT2D eigenvalue weighted by molar-refractivity contribution is 6.36. The second-order valence-electron chi connectivity index (χ2n) is 8.53. The van der Waals surface area contributed by atoms with Gasteiger partial charge in [0, 0.05) is 57.3 Å². The topological polar surface area (TPSA) is 65.1 Å². The molecule has 0 aliphatic carbocycles. The van der Waals surface area contributed by atoms with E-state index in [1.807, 2.05) is 31.2 Å². The minimum Gasteiger partial charge on any atom is -0.382 e. The van der Waals surface area contributed by atoms with Crippen molar-refractivity contribution in [2.45, 2.75) is 13.3 Å². The zero-order valence-corrected chi connectivity index (χ0v) is 19.7. The van der Waals surface area contributed by atoms with Crippen molar-refractivity contribution in [2.75, 3.05) is 63.2 Å². The van der Waals surface area contributed by atoms with Gasteiger partial charge in [0.15, 0.2) is 0 Å². The smallest absolute Gasteiger partial charge is 0.278 e. The van der Waals surface area contributed by atoms with E-state index in [0.717, 1.165) is 31.9 Å². The lowest BCUT2D eigenvalue weighted by molar-refractivity contribution is -0.137. The molecule has 0 bridgehead atoms. The first-order chi connectivity index (χ1) is 16.5. The van der Waals surface area contributed by atoms with Gasteiger partial charge in [-0.3, -0.25) is 14.5 Å². The zero-order valence-electron chi connectivity index (χ0n) is 19.7. The summed E-state index contributed by atoms with van der Waals surface area (Å²) in [4.78, 5) is 32.3. The third kappa shape index (κ3) is 5.29. The first-order valence-electron chi connectivity index (χ1n) is 11.7. The fraction of sp³-hybridized carbons (Fsp3) is 0.385. The summed E-state index contributed by atoms with van der Waals surface area (Å²) in [6, 6.07) is 13.5. The van der Waals surface area contributed by atoms with Crippen LogP contribution in [0.3, 0.4) is 0 Å². The third-order valence-electron chi connectivity index (χ3n) is 6.18. The Balaban J connectivity index is 1.56. The van der Waals surface area contributed by atoms with Gasteiger partial charge in [-0.05, 0) is 62.4 Å². The number of rotatable bonds is 9. The van der Waals surface area contributed by atoms with Gasteiger partial charge in [-0.25, -0.2) is 4.39 Å². The Morgan fingerprint density at radius 1 is 0.941 bits per heavy atom. The fourth-order valence-electron chi connectivity index (χ4n) is 4.21. The van der Waals surface area contributed by atoms with E-state index in [2.05, 4.69) is 22.2 Å². The maximum atomic E-state index is 13.5. The Bertz CT molecular complexity index is 1040. The summed E-state index contributed by atoms with van der Waals surface area (Å²) in [6.45, 7) is 7.17. The number of anilines is 2. The molecule has 2 aliphatic rings. The van der Waals surface area contributed by atoms with E-state index in [1.165, 1.54) is 29.2 Å². The average molecular weight is 467 g/mol. The summed E-state index contributed by atoms with van der Waals surface area (Å²) in [5.41, 5.74) is 2.80. The third-order valence-corrected chi connectivity index (χ3v) is 6.18. The van der Waals surface area contributed by atoms with Crippen LogP contribution < -0.4 is 10.2 Å². The monoisotopic (exact) mass is 466 g/mol. The van der Waals surface area contributed by atoms with Crippen LogP contribution in [0.15, 0.2) is 54.2 Å². The van der Waals surface area contributed by atoms with E-state index >= 15 is 0 Å². The number of nitrogens with zero attached hydrogens (tertiary/aromatic N) is 3. The van der Waals surface area contributed by atoms with Gasteiger partial charge in [-0.1, -0.05) is 12.1 Å². The van der Waals surface area contributed by atoms with Crippen LogP contribution in [0.25, 0.3) is 5.57 Å². The molecule has 2 aromatic rings. The highest BCUT2D eigenvalue weighted by atomic mass is 19.1. The maximum Gasteiger partial charge on any atom is 0.278 e. The molecule has 7 nitrogen and oxygen atoms in total. The van der Waals surface area contributed by atoms with Gasteiger partial charge < -0.3 is 19.9 Å². The van der Waals surface area contributed by atoms with E-state index in [4.69, 9.17) is 4.74 Å². The molecule has 0 saturated carbocycles. The predicted octanol–water partition coefficient (Wildman–Crippen LogP) is 3.20. The van der Waals surface area contributed by atoms with E-state index in [-0.39, 0.29) is 29.6 Å². The number of hydrogen-bond donors (Lipinski definition) is 1. The van der Waals surface area contributed by atoms with Crippen molar-refractivity contribution < 1.29 is 18.7 Å². The normalized spacial score (nSPS) is 17.1. The summed E-state index contributed by atoms with van der Waals surface area (Å²) in [7, 11) is 2.12. The van der Waals surface area contributed by atoms with Crippen LogP contribution in [0, 0.1) is 5.82 Å². The minimum atomic E-state index is -0.399. The molecule has 2 aliphatic heterocycles. The summed E-state index contributed by atoms with van der Waals surface area (Å²) in [6.07, 6.45) is 0.551. The summed E-state index contributed by atoms with van der Waals surface area (Å²) < 4.78 is 18.9. The van der Waals surface area contributed by atoms with Crippen molar-refractivity contribution in [3.05, 3.63) is 65.6 Å². The number of piperazine rings is 1. The van der Waals surface area contributed by atoms with Crippen molar-refractivity contribution in [3.63, 3.8) is 0 Å². The SMILES string of the molecule is CCOCCCN1C(=O)C(Nc2ccc(N3CCN(C)CC3)cc2)=C(c2ccc(F)cc2)C1=O. The van der Waals surface area contributed by atoms with Crippen LogP contribution in [0.5, 0.6) is 0 Å². The summed E-state index contributed by atoms with van der Waals surface area (Å²) >= 11 is 0. The molecular weight excluding hydrogens is 435 g/mol. The van der Waals surface area contributed by atoms with Crippen molar-refractivity contribution in [1.29, 1.82) is 0 Å². The van der Waals surface area contributed by atoms with Gasteiger partial charge in [0.25, 0.3) is 11.8 Å². The Labute approximate surface area is 199 Å². The molecule has 8 heteroatoms. The lowest BCUT2D eigenvalue weighted by atomic mass is 10.0. The van der Waals surface area contributed by atoms with Crippen LogP contribution in [0.4, 0.5) is 15.8 Å². The number of amides is 2. The predicted molar refractivity (Wildman–Crippen MR) is 131 cm³/mol. The van der Waals surface area contributed by atoms with Crippen molar-refractivity contribution in [1.82, 2.24) is 9.80 Å². The second-order valence-corrected chi connectivity index (χ2v) is 8.53. The van der Waals surface area contributed by atoms with Crippen LogP contribution in [-0.2, 0) is 14.3 Å². The molecule has 4 rings (SSSR count). The average Bonchev–Trinajstić information content (AvgIpc) is 3.07. The largest absolute Gasteiger partial charge is 0.382 e. The number of likely N-dealkylation sites (N-methyl/N-ethyl adjacent to an activating group) is 1.